The Balaban J connectivity index is 2.23. The van der Waals surface area contributed by atoms with E-state index in [2.05, 4.69) is 30.0 Å². The Morgan fingerprint density at radius 3 is 2.80 bits per heavy atom. The Morgan fingerprint density at radius 2 is 2.20 bits per heavy atom. The molecule has 0 saturated carbocycles. The number of nitriles is 1. The molecule has 0 aliphatic carbocycles. The maximum absolute atomic E-state index is 8.96. The lowest BCUT2D eigenvalue weighted by Gasteiger charge is -2.21. The van der Waals surface area contributed by atoms with Crippen LogP contribution in [0.25, 0.3) is 0 Å². The van der Waals surface area contributed by atoms with Crippen molar-refractivity contribution in [3.8, 4) is 6.07 Å². The van der Waals surface area contributed by atoms with Gasteiger partial charge in [0.05, 0.1) is 6.07 Å². The summed E-state index contributed by atoms with van der Waals surface area (Å²) in [4.78, 5) is 2.19. The Kier molecular flexibility index (Phi) is 2.37. The van der Waals surface area contributed by atoms with Crippen LogP contribution in [0.4, 0.5) is 5.69 Å². The summed E-state index contributed by atoms with van der Waals surface area (Å²) in [5.74, 6) is 0. The molecule has 15 heavy (non-hydrogen) atoms. The van der Waals surface area contributed by atoms with Gasteiger partial charge in [-0.15, -0.1) is 0 Å². The van der Waals surface area contributed by atoms with Crippen LogP contribution in [-0.2, 0) is 0 Å². The number of nitrogens with zero attached hydrogens (tertiary/aromatic N) is 2. The molecule has 78 valence electrons. The van der Waals surface area contributed by atoms with Gasteiger partial charge in [0.15, 0.2) is 0 Å². The predicted molar refractivity (Wildman–Crippen MR) is 60.5 cm³/mol. The third-order valence-corrected chi connectivity index (χ3v) is 2.98. The van der Waals surface area contributed by atoms with Crippen molar-refractivity contribution in [3.63, 3.8) is 0 Å². The summed E-state index contributed by atoms with van der Waals surface area (Å²) >= 11 is 0. The molecule has 1 aromatic carbocycles. The zero-order valence-electron chi connectivity index (χ0n) is 8.90. The molecule has 0 radical (unpaired) electrons. The summed E-state index contributed by atoms with van der Waals surface area (Å²) in [5, 5.41) is 8.96. The molecule has 1 aromatic rings. The highest BCUT2D eigenvalue weighted by Gasteiger charge is 2.34. The Labute approximate surface area is 90.1 Å². The summed E-state index contributed by atoms with van der Waals surface area (Å²) in [5.41, 5.74) is 7.70. The number of benzene rings is 1. The minimum absolute atomic E-state index is 0.633. The number of anilines is 1. The fourth-order valence-corrected chi connectivity index (χ4v) is 2.05. The van der Waals surface area contributed by atoms with Crippen molar-refractivity contribution in [2.75, 3.05) is 18.0 Å². The first-order chi connectivity index (χ1) is 7.14. The molecule has 3 nitrogen and oxygen atoms in total. The van der Waals surface area contributed by atoms with Gasteiger partial charge in [0.25, 0.3) is 0 Å². The first-order valence-electron chi connectivity index (χ1n) is 5.15. The van der Waals surface area contributed by atoms with E-state index in [0.717, 1.165) is 13.0 Å². The second-order valence-electron chi connectivity index (χ2n) is 4.23. The fraction of sp³-hybridized carbons (Fsp3) is 0.417. The first kappa shape index (κ1) is 10.0. The zero-order chi connectivity index (χ0) is 10.9. The third-order valence-electron chi connectivity index (χ3n) is 2.98. The average Bonchev–Trinajstić information content (AvgIpc) is 2.63. The molecule has 0 aromatic heterocycles. The van der Waals surface area contributed by atoms with Crippen molar-refractivity contribution in [1.82, 2.24) is 0 Å². The van der Waals surface area contributed by atoms with E-state index < -0.39 is 5.54 Å². The van der Waals surface area contributed by atoms with Crippen molar-refractivity contribution in [2.24, 2.45) is 5.73 Å². The van der Waals surface area contributed by atoms with Crippen molar-refractivity contribution in [1.29, 1.82) is 5.26 Å². The standard InChI is InChI=1S/C12H15N3/c1-10-4-2-3-5-11(10)15-7-6-12(14,8-13)9-15/h2-5H,6-7,9,14H2,1H3. The molecule has 1 fully saturated rings. The van der Waals surface area contributed by atoms with E-state index in [-0.39, 0.29) is 0 Å². The van der Waals surface area contributed by atoms with Gasteiger partial charge in [0.2, 0.25) is 0 Å². The smallest absolute Gasteiger partial charge is 0.123 e. The molecule has 1 atom stereocenters. The molecule has 3 heteroatoms. The van der Waals surface area contributed by atoms with Crippen LogP contribution >= 0.6 is 0 Å². The minimum Gasteiger partial charge on any atom is -0.368 e. The second kappa shape index (κ2) is 3.56. The Morgan fingerprint density at radius 1 is 1.47 bits per heavy atom. The van der Waals surface area contributed by atoms with Gasteiger partial charge >= 0.3 is 0 Å². The second-order valence-corrected chi connectivity index (χ2v) is 4.23. The lowest BCUT2D eigenvalue weighted by molar-refractivity contribution is 0.606. The molecule has 1 heterocycles. The number of hydrogen-bond acceptors (Lipinski definition) is 3. The molecular formula is C12H15N3. The van der Waals surface area contributed by atoms with Crippen LogP contribution in [0.2, 0.25) is 0 Å². The van der Waals surface area contributed by atoms with Crippen molar-refractivity contribution in [2.45, 2.75) is 18.9 Å². The lowest BCUT2D eigenvalue weighted by atomic mass is 10.0. The van der Waals surface area contributed by atoms with Gasteiger partial charge in [-0.2, -0.15) is 5.26 Å². The van der Waals surface area contributed by atoms with E-state index in [0.29, 0.717) is 6.54 Å². The molecule has 2 N–H and O–H groups in total. The number of para-hydroxylation sites is 1. The van der Waals surface area contributed by atoms with Crippen molar-refractivity contribution >= 4 is 5.69 Å². The van der Waals surface area contributed by atoms with Gasteiger partial charge in [-0.05, 0) is 25.0 Å². The van der Waals surface area contributed by atoms with E-state index in [1.54, 1.807) is 0 Å². The summed E-state index contributed by atoms with van der Waals surface area (Å²) in [7, 11) is 0. The Hall–Kier alpha value is -1.53. The van der Waals surface area contributed by atoms with Crippen LogP contribution in [0.1, 0.15) is 12.0 Å². The molecule has 0 bridgehead atoms. The van der Waals surface area contributed by atoms with Crippen LogP contribution in [0.3, 0.4) is 0 Å². The molecule has 0 amide bonds. The zero-order valence-corrected chi connectivity index (χ0v) is 8.90. The molecule has 2 rings (SSSR count). The van der Waals surface area contributed by atoms with Crippen LogP contribution in [0.15, 0.2) is 24.3 Å². The van der Waals surface area contributed by atoms with Gasteiger partial charge in [0.1, 0.15) is 5.54 Å². The highest BCUT2D eigenvalue weighted by molar-refractivity contribution is 5.54. The van der Waals surface area contributed by atoms with E-state index in [1.807, 2.05) is 12.1 Å². The van der Waals surface area contributed by atoms with Crippen LogP contribution in [0, 0.1) is 18.3 Å². The number of rotatable bonds is 1. The number of aryl methyl sites for hydroxylation is 1. The molecule has 1 unspecified atom stereocenters. The summed E-state index contributed by atoms with van der Waals surface area (Å²) in [6, 6.07) is 10.4. The SMILES string of the molecule is Cc1ccccc1N1CCC(N)(C#N)C1. The van der Waals surface area contributed by atoms with Crippen LogP contribution in [0.5, 0.6) is 0 Å². The van der Waals surface area contributed by atoms with Crippen LogP contribution in [-0.4, -0.2) is 18.6 Å². The maximum atomic E-state index is 8.96. The summed E-state index contributed by atoms with van der Waals surface area (Å²) in [6.45, 7) is 3.58. The van der Waals surface area contributed by atoms with Gasteiger partial charge in [-0.3, -0.25) is 0 Å². The predicted octanol–water partition coefficient (Wildman–Crippen LogP) is 1.43. The molecule has 1 aliphatic rings. The topological polar surface area (TPSA) is 53.0 Å². The normalized spacial score (nSPS) is 25.3. The van der Waals surface area contributed by atoms with Crippen LogP contribution < -0.4 is 10.6 Å². The van der Waals surface area contributed by atoms with Crippen molar-refractivity contribution < 1.29 is 0 Å². The monoisotopic (exact) mass is 201 g/mol. The minimum atomic E-state index is -0.664. The Bertz CT molecular complexity index is 408. The molecule has 0 spiro atoms. The molecular weight excluding hydrogens is 186 g/mol. The van der Waals surface area contributed by atoms with Gasteiger partial charge < -0.3 is 10.6 Å². The highest BCUT2D eigenvalue weighted by atomic mass is 15.2. The van der Waals surface area contributed by atoms with Gasteiger partial charge in [-0.1, -0.05) is 18.2 Å². The first-order valence-corrected chi connectivity index (χ1v) is 5.15. The highest BCUT2D eigenvalue weighted by Crippen LogP contribution is 2.27. The van der Waals surface area contributed by atoms with Crippen molar-refractivity contribution in [3.05, 3.63) is 29.8 Å². The third kappa shape index (κ3) is 1.81. The molecule has 1 aliphatic heterocycles. The average molecular weight is 201 g/mol. The van der Waals surface area contributed by atoms with Gasteiger partial charge in [-0.25, -0.2) is 0 Å². The lowest BCUT2D eigenvalue weighted by Crippen LogP contribution is -2.41. The summed E-state index contributed by atoms with van der Waals surface area (Å²) < 4.78 is 0. The quantitative estimate of drug-likeness (QED) is 0.747. The fourth-order valence-electron chi connectivity index (χ4n) is 2.05. The van der Waals surface area contributed by atoms with E-state index in [9.17, 15) is 0 Å². The van der Waals surface area contributed by atoms with E-state index in [4.69, 9.17) is 11.0 Å². The largest absolute Gasteiger partial charge is 0.368 e. The number of hydrogen-bond donors (Lipinski definition) is 1. The number of nitrogens with two attached hydrogens (primary N) is 1. The van der Waals surface area contributed by atoms with E-state index >= 15 is 0 Å². The van der Waals surface area contributed by atoms with E-state index in [1.165, 1.54) is 11.3 Å². The summed E-state index contributed by atoms with van der Waals surface area (Å²) in [6.07, 6.45) is 0.748. The maximum Gasteiger partial charge on any atom is 0.123 e. The van der Waals surface area contributed by atoms with Gasteiger partial charge in [0, 0.05) is 18.8 Å². The molecule has 1 saturated heterocycles.